The van der Waals surface area contributed by atoms with Crippen molar-refractivity contribution in [3.63, 3.8) is 0 Å². The quantitative estimate of drug-likeness (QED) is 0.835. The molecule has 0 aliphatic heterocycles. The van der Waals surface area contributed by atoms with Crippen molar-refractivity contribution < 1.29 is 14.6 Å². The summed E-state index contributed by atoms with van der Waals surface area (Å²) in [6.45, 7) is 1.59. The Balaban J connectivity index is 2.50. The summed E-state index contributed by atoms with van der Waals surface area (Å²) in [4.78, 5) is 0. The van der Waals surface area contributed by atoms with Gasteiger partial charge in [0.25, 0.3) is 0 Å². The van der Waals surface area contributed by atoms with Crippen LogP contribution in [0.1, 0.15) is 11.1 Å². The van der Waals surface area contributed by atoms with Crippen LogP contribution in [-0.4, -0.2) is 10.2 Å². The van der Waals surface area contributed by atoms with E-state index in [1.165, 1.54) is 12.1 Å². The smallest absolute Gasteiger partial charge is 0.131 e. The van der Waals surface area contributed by atoms with Gasteiger partial charge in [0.1, 0.15) is 11.6 Å². The minimum Gasteiger partial charge on any atom is -0.508 e. The summed E-state index contributed by atoms with van der Waals surface area (Å²) in [5, 5.41) is 18.6. The Hall–Kier alpha value is -1.87. The lowest BCUT2D eigenvalue weighted by Crippen LogP contribution is -1.88. The molecular weight excluding hydrogens is 219 g/mol. The van der Waals surface area contributed by atoms with Gasteiger partial charge in [0.2, 0.25) is 0 Å². The van der Waals surface area contributed by atoms with E-state index >= 15 is 0 Å². The summed E-state index contributed by atoms with van der Waals surface area (Å²) < 4.78 is 13.7. The molecule has 0 aromatic heterocycles. The number of aromatic hydroxyl groups is 1. The summed E-state index contributed by atoms with van der Waals surface area (Å²) in [5.41, 5.74) is 2.32. The first kappa shape index (κ1) is 11.6. The zero-order valence-electron chi connectivity index (χ0n) is 9.44. The van der Waals surface area contributed by atoms with Crippen LogP contribution in [0.2, 0.25) is 0 Å². The topological polar surface area (TPSA) is 40.5 Å². The van der Waals surface area contributed by atoms with Crippen molar-refractivity contribution in [2.75, 3.05) is 0 Å². The Kier molecular flexibility index (Phi) is 3.11. The van der Waals surface area contributed by atoms with E-state index in [1.807, 2.05) is 13.0 Å². The highest BCUT2D eigenvalue weighted by molar-refractivity contribution is 5.66. The zero-order valence-corrected chi connectivity index (χ0v) is 9.44. The molecule has 2 N–H and O–H groups in total. The molecular formula is C14H13FO2. The molecule has 0 aliphatic rings. The van der Waals surface area contributed by atoms with Crippen LogP contribution in [-0.2, 0) is 6.61 Å². The van der Waals surface area contributed by atoms with Gasteiger partial charge in [0.05, 0.1) is 6.61 Å². The van der Waals surface area contributed by atoms with Crippen molar-refractivity contribution in [2.24, 2.45) is 0 Å². The van der Waals surface area contributed by atoms with Crippen molar-refractivity contribution in [2.45, 2.75) is 13.5 Å². The van der Waals surface area contributed by atoms with Crippen LogP contribution in [0.5, 0.6) is 5.75 Å². The van der Waals surface area contributed by atoms with Crippen LogP contribution >= 0.6 is 0 Å². The molecule has 0 saturated heterocycles. The van der Waals surface area contributed by atoms with Crippen molar-refractivity contribution in [1.82, 2.24) is 0 Å². The average molecular weight is 232 g/mol. The molecule has 0 atom stereocenters. The second kappa shape index (κ2) is 4.55. The number of aliphatic hydroxyl groups excluding tert-OH is 1. The maximum atomic E-state index is 13.7. The van der Waals surface area contributed by atoms with Gasteiger partial charge in [-0.25, -0.2) is 4.39 Å². The van der Waals surface area contributed by atoms with E-state index < -0.39 is 0 Å². The normalized spacial score (nSPS) is 10.5. The number of aryl methyl sites for hydroxylation is 1. The molecule has 2 nitrogen and oxygen atoms in total. The molecule has 0 saturated carbocycles. The summed E-state index contributed by atoms with van der Waals surface area (Å²) in [5.74, 6) is -0.342. The third kappa shape index (κ3) is 2.29. The molecule has 0 bridgehead atoms. The van der Waals surface area contributed by atoms with E-state index in [1.54, 1.807) is 18.2 Å². The van der Waals surface area contributed by atoms with Gasteiger partial charge in [-0.15, -0.1) is 0 Å². The number of aliphatic hydroxyl groups is 1. The number of benzene rings is 2. The van der Waals surface area contributed by atoms with Gasteiger partial charge < -0.3 is 10.2 Å². The van der Waals surface area contributed by atoms with Crippen molar-refractivity contribution in [3.8, 4) is 16.9 Å². The third-order valence-corrected chi connectivity index (χ3v) is 2.69. The van der Waals surface area contributed by atoms with Crippen LogP contribution in [0, 0.1) is 12.7 Å². The zero-order chi connectivity index (χ0) is 12.4. The number of hydrogen-bond acceptors (Lipinski definition) is 2. The van der Waals surface area contributed by atoms with E-state index in [4.69, 9.17) is 5.11 Å². The molecule has 2 aromatic carbocycles. The Morgan fingerprint density at radius 2 is 1.88 bits per heavy atom. The second-order valence-electron chi connectivity index (χ2n) is 3.98. The third-order valence-electron chi connectivity index (χ3n) is 2.69. The molecule has 2 rings (SSSR count). The average Bonchev–Trinajstić information content (AvgIpc) is 2.29. The van der Waals surface area contributed by atoms with Crippen LogP contribution < -0.4 is 0 Å². The van der Waals surface area contributed by atoms with E-state index in [0.29, 0.717) is 16.7 Å². The van der Waals surface area contributed by atoms with E-state index in [2.05, 4.69) is 0 Å². The Morgan fingerprint density at radius 1 is 1.12 bits per heavy atom. The largest absolute Gasteiger partial charge is 0.508 e. The number of rotatable bonds is 2. The summed E-state index contributed by atoms with van der Waals surface area (Å²) in [6.07, 6.45) is 0. The molecule has 0 aliphatic carbocycles. The van der Waals surface area contributed by atoms with Gasteiger partial charge in [-0.2, -0.15) is 0 Å². The van der Waals surface area contributed by atoms with Crippen LogP contribution in [0.3, 0.4) is 0 Å². The fraction of sp³-hybridized carbons (Fsp3) is 0.143. The van der Waals surface area contributed by atoms with Gasteiger partial charge in [-0.1, -0.05) is 24.3 Å². The first-order valence-electron chi connectivity index (χ1n) is 5.31. The molecule has 3 heteroatoms. The van der Waals surface area contributed by atoms with Gasteiger partial charge in [0.15, 0.2) is 0 Å². The Bertz CT molecular complexity index is 550. The predicted octanol–water partition coefficient (Wildman–Crippen LogP) is 3.00. The minimum atomic E-state index is -0.318. The standard InChI is InChI=1S/C14H13FO2/c1-9-2-5-12(13(15)6-9)10-3-4-11(8-16)14(17)7-10/h2-7,16-17H,8H2,1H3. The molecule has 0 radical (unpaired) electrons. The molecule has 0 unspecified atom stereocenters. The second-order valence-corrected chi connectivity index (χ2v) is 3.98. The summed E-state index contributed by atoms with van der Waals surface area (Å²) >= 11 is 0. The van der Waals surface area contributed by atoms with E-state index in [-0.39, 0.29) is 18.2 Å². The summed E-state index contributed by atoms with van der Waals surface area (Å²) in [6, 6.07) is 9.67. The van der Waals surface area contributed by atoms with Crippen LogP contribution in [0.4, 0.5) is 4.39 Å². The highest BCUT2D eigenvalue weighted by Gasteiger charge is 2.07. The predicted molar refractivity (Wildman–Crippen MR) is 64.2 cm³/mol. The van der Waals surface area contributed by atoms with Crippen molar-refractivity contribution >= 4 is 0 Å². The van der Waals surface area contributed by atoms with Crippen molar-refractivity contribution in [3.05, 3.63) is 53.3 Å². The Labute approximate surface area is 99.0 Å². The first-order chi connectivity index (χ1) is 8.11. The van der Waals surface area contributed by atoms with Crippen LogP contribution in [0.25, 0.3) is 11.1 Å². The lowest BCUT2D eigenvalue weighted by atomic mass is 10.0. The highest BCUT2D eigenvalue weighted by Crippen LogP contribution is 2.28. The Morgan fingerprint density at radius 3 is 2.47 bits per heavy atom. The molecule has 0 heterocycles. The van der Waals surface area contributed by atoms with Gasteiger partial charge in [-0.05, 0) is 30.2 Å². The lowest BCUT2D eigenvalue weighted by molar-refractivity contribution is 0.275. The van der Waals surface area contributed by atoms with E-state index in [0.717, 1.165) is 5.56 Å². The molecule has 0 fully saturated rings. The minimum absolute atomic E-state index is 0.0232. The van der Waals surface area contributed by atoms with Gasteiger partial charge in [0, 0.05) is 11.1 Å². The van der Waals surface area contributed by atoms with Gasteiger partial charge in [-0.3, -0.25) is 0 Å². The maximum absolute atomic E-state index is 13.7. The maximum Gasteiger partial charge on any atom is 0.131 e. The van der Waals surface area contributed by atoms with E-state index in [9.17, 15) is 9.50 Å². The van der Waals surface area contributed by atoms with Crippen molar-refractivity contribution in [1.29, 1.82) is 0 Å². The highest BCUT2D eigenvalue weighted by atomic mass is 19.1. The molecule has 0 amide bonds. The monoisotopic (exact) mass is 232 g/mol. The molecule has 0 spiro atoms. The summed E-state index contributed by atoms with van der Waals surface area (Å²) in [7, 11) is 0. The van der Waals surface area contributed by atoms with Gasteiger partial charge >= 0.3 is 0 Å². The molecule has 2 aromatic rings. The lowest BCUT2D eigenvalue weighted by Gasteiger charge is -2.07. The number of halogens is 1. The molecule has 88 valence electrons. The first-order valence-corrected chi connectivity index (χ1v) is 5.31. The number of phenols is 1. The SMILES string of the molecule is Cc1ccc(-c2ccc(CO)c(O)c2)c(F)c1. The molecule has 17 heavy (non-hydrogen) atoms. The number of hydrogen-bond donors (Lipinski definition) is 2. The fourth-order valence-electron chi connectivity index (χ4n) is 1.72. The van der Waals surface area contributed by atoms with Crippen LogP contribution in [0.15, 0.2) is 36.4 Å². The fourth-order valence-corrected chi connectivity index (χ4v) is 1.72.